The molecule has 1 amide bonds. The molecule has 0 spiro atoms. The van der Waals surface area contributed by atoms with Crippen LogP contribution in [0.2, 0.25) is 0 Å². The Morgan fingerprint density at radius 1 is 0.864 bits per heavy atom. The highest BCUT2D eigenvalue weighted by Gasteiger charge is 2.62. The number of rotatable bonds is 8. The average Bonchev–Trinajstić information content (AvgIpc) is 3.60. The first-order chi connectivity index (χ1) is 21.3. The number of fused-ring (bicyclic) bond motifs is 1. The van der Waals surface area contributed by atoms with Crippen molar-refractivity contribution in [3.05, 3.63) is 120 Å². The van der Waals surface area contributed by atoms with Gasteiger partial charge in [-0.05, 0) is 43.3 Å². The lowest BCUT2D eigenvalue weighted by Gasteiger charge is -2.38. The molecule has 0 aromatic heterocycles. The molecule has 0 N–H and O–H groups in total. The predicted octanol–water partition coefficient (Wildman–Crippen LogP) is 3.96. The van der Waals surface area contributed by atoms with Gasteiger partial charge < -0.3 is 23.8 Å². The van der Waals surface area contributed by atoms with Crippen LogP contribution in [0.25, 0.3) is 0 Å². The number of azo groups is 1. The van der Waals surface area contributed by atoms with Gasteiger partial charge in [0.25, 0.3) is 0 Å². The Morgan fingerprint density at radius 2 is 1.43 bits per heavy atom. The molecule has 0 saturated carbocycles. The lowest BCUT2D eigenvalue weighted by Crippen LogP contribution is -2.56. The Balaban J connectivity index is 1.37. The van der Waals surface area contributed by atoms with Crippen LogP contribution in [-0.2, 0) is 23.7 Å². The molecule has 0 radical (unpaired) electrons. The fourth-order valence-corrected chi connectivity index (χ4v) is 5.23. The number of benzene rings is 3. The summed E-state index contributed by atoms with van der Waals surface area (Å²) in [5, 5.41) is 7.31. The van der Waals surface area contributed by atoms with Crippen LogP contribution in [0, 0.1) is 0 Å². The average molecular weight is 595 g/mol. The van der Waals surface area contributed by atoms with Crippen LogP contribution in [0.3, 0.4) is 0 Å². The molecule has 12 nitrogen and oxygen atoms in total. The van der Waals surface area contributed by atoms with Gasteiger partial charge in [0, 0.05) is 0 Å². The SMILES string of the molecule is C[C@@]1(OC(=O)c2ccccc2)[C@H](OC(=O)c2ccccc2)[C@@H](COC(=O)c2ccccc2)O[C@H]1N1CN=C2C(=O)N=NC=C21. The highest BCUT2D eigenvalue weighted by Crippen LogP contribution is 2.42. The molecule has 1 fully saturated rings. The number of carbonyl (C=O) groups excluding carboxylic acids is 4. The molecule has 4 atom stereocenters. The summed E-state index contributed by atoms with van der Waals surface area (Å²) >= 11 is 0. The summed E-state index contributed by atoms with van der Waals surface area (Å²) in [6, 6.07) is 24.9. The lowest BCUT2D eigenvalue weighted by molar-refractivity contribution is -0.127. The zero-order valence-electron chi connectivity index (χ0n) is 23.4. The monoisotopic (exact) mass is 594 g/mol. The van der Waals surface area contributed by atoms with E-state index in [0.717, 1.165) is 0 Å². The van der Waals surface area contributed by atoms with E-state index in [4.69, 9.17) is 18.9 Å². The second kappa shape index (κ2) is 12.0. The maximum Gasteiger partial charge on any atom is 0.338 e. The third-order valence-corrected chi connectivity index (χ3v) is 7.40. The molecule has 3 aliphatic heterocycles. The van der Waals surface area contributed by atoms with Gasteiger partial charge in [-0.3, -0.25) is 9.79 Å². The molecule has 3 aliphatic rings. The first-order valence-electron chi connectivity index (χ1n) is 13.7. The van der Waals surface area contributed by atoms with Crippen molar-refractivity contribution in [2.45, 2.75) is 31.0 Å². The Kier molecular flexibility index (Phi) is 7.82. The molecule has 222 valence electrons. The van der Waals surface area contributed by atoms with Crippen LogP contribution in [0.5, 0.6) is 0 Å². The van der Waals surface area contributed by atoms with Crippen LogP contribution < -0.4 is 0 Å². The van der Waals surface area contributed by atoms with Crippen molar-refractivity contribution in [2.75, 3.05) is 13.3 Å². The molecule has 0 unspecified atom stereocenters. The van der Waals surface area contributed by atoms with Crippen LogP contribution in [0.15, 0.2) is 118 Å². The van der Waals surface area contributed by atoms with Crippen molar-refractivity contribution < 1.29 is 38.1 Å². The van der Waals surface area contributed by atoms with E-state index in [2.05, 4.69) is 15.2 Å². The third kappa shape index (κ3) is 5.50. The van der Waals surface area contributed by atoms with E-state index in [1.54, 1.807) is 103 Å². The molecule has 0 bridgehead atoms. The summed E-state index contributed by atoms with van der Waals surface area (Å²) in [7, 11) is 0. The van der Waals surface area contributed by atoms with Crippen molar-refractivity contribution in [3.8, 4) is 0 Å². The Hall–Kier alpha value is -5.49. The van der Waals surface area contributed by atoms with Crippen LogP contribution in [0.4, 0.5) is 0 Å². The summed E-state index contributed by atoms with van der Waals surface area (Å²) in [5.74, 6) is -2.67. The first-order valence-corrected chi connectivity index (χ1v) is 13.7. The third-order valence-electron chi connectivity index (χ3n) is 7.40. The number of esters is 3. The molecule has 3 heterocycles. The summed E-state index contributed by atoms with van der Waals surface area (Å²) in [4.78, 5) is 58.0. The Labute approximate surface area is 251 Å². The molecule has 3 aromatic carbocycles. The van der Waals surface area contributed by atoms with Crippen LogP contribution >= 0.6 is 0 Å². The van der Waals surface area contributed by atoms with Gasteiger partial charge in [-0.1, -0.05) is 54.6 Å². The quantitative estimate of drug-likeness (QED) is 0.279. The molecule has 1 saturated heterocycles. The van der Waals surface area contributed by atoms with Crippen molar-refractivity contribution in [3.63, 3.8) is 0 Å². The lowest BCUT2D eigenvalue weighted by atomic mass is 9.94. The number of nitrogens with zero attached hydrogens (tertiary/aromatic N) is 4. The second-order valence-electron chi connectivity index (χ2n) is 10.3. The second-order valence-corrected chi connectivity index (χ2v) is 10.3. The van der Waals surface area contributed by atoms with Crippen molar-refractivity contribution >= 4 is 29.5 Å². The topological polar surface area (TPSA) is 146 Å². The van der Waals surface area contributed by atoms with Crippen LogP contribution in [-0.4, -0.2) is 71.7 Å². The number of amides is 1. The van der Waals surface area contributed by atoms with Crippen molar-refractivity contribution in [1.29, 1.82) is 0 Å². The van der Waals surface area contributed by atoms with E-state index >= 15 is 0 Å². The molecule has 44 heavy (non-hydrogen) atoms. The van der Waals surface area contributed by atoms with E-state index in [0.29, 0.717) is 11.3 Å². The number of hydrogen-bond acceptors (Lipinski definition) is 11. The molecule has 6 rings (SSSR count). The maximum atomic E-state index is 13.5. The minimum atomic E-state index is -1.70. The van der Waals surface area contributed by atoms with E-state index in [1.807, 2.05) is 0 Å². The largest absolute Gasteiger partial charge is 0.459 e. The van der Waals surface area contributed by atoms with Gasteiger partial charge in [0.15, 0.2) is 23.6 Å². The van der Waals surface area contributed by atoms with Gasteiger partial charge in [0.1, 0.15) is 19.4 Å². The van der Waals surface area contributed by atoms with Crippen molar-refractivity contribution in [2.24, 2.45) is 15.2 Å². The van der Waals surface area contributed by atoms with Gasteiger partial charge in [-0.15, -0.1) is 5.11 Å². The molecule has 0 aliphatic carbocycles. The Morgan fingerprint density at radius 3 is 2.05 bits per heavy atom. The summed E-state index contributed by atoms with van der Waals surface area (Å²) in [5.41, 5.74) is -0.527. The van der Waals surface area contributed by atoms with Gasteiger partial charge in [-0.2, -0.15) is 5.11 Å². The molecule has 3 aromatic rings. The number of ether oxygens (including phenoxy) is 4. The van der Waals surface area contributed by atoms with E-state index in [-0.39, 0.29) is 30.1 Å². The summed E-state index contributed by atoms with van der Waals surface area (Å²) in [6.07, 6.45) is -2.18. The minimum absolute atomic E-state index is 0.0586. The standard InChI is InChI=1S/C32H26N4O8/c1-32(44-30(40)22-15-9-4-10-16-22)26(43-29(39)21-13-7-3-8-14-21)24(18-41-28(38)20-11-5-2-6-12-20)42-31(32)36-19-33-25-23(36)17-34-35-27(25)37/h2-17,24,26,31H,18-19H2,1H3/t24-,26-,31-,32-/m1/s1. The van der Waals surface area contributed by atoms with Crippen LogP contribution in [0.1, 0.15) is 38.0 Å². The first kappa shape index (κ1) is 28.6. The maximum absolute atomic E-state index is 13.5. The zero-order valence-corrected chi connectivity index (χ0v) is 23.4. The summed E-state index contributed by atoms with van der Waals surface area (Å²) < 4.78 is 24.2. The number of aliphatic imine (C=N–C) groups is 1. The van der Waals surface area contributed by atoms with E-state index < -0.39 is 47.9 Å². The smallest absolute Gasteiger partial charge is 0.338 e. The van der Waals surface area contributed by atoms with Gasteiger partial charge in [0.2, 0.25) is 0 Å². The molecular formula is C32H26N4O8. The molecular weight excluding hydrogens is 568 g/mol. The summed E-state index contributed by atoms with van der Waals surface area (Å²) in [6.45, 7) is 1.15. The fraction of sp³-hybridized carbons (Fsp3) is 0.219. The number of hydrogen-bond donors (Lipinski definition) is 0. The fourth-order valence-electron chi connectivity index (χ4n) is 5.23. The minimum Gasteiger partial charge on any atom is -0.459 e. The Bertz CT molecular complexity index is 1680. The zero-order chi connectivity index (χ0) is 30.7. The van der Waals surface area contributed by atoms with Gasteiger partial charge in [0.05, 0.1) is 28.6 Å². The highest BCUT2D eigenvalue weighted by molar-refractivity contribution is 6.46. The van der Waals surface area contributed by atoms with E-state index in [1.165, 1.54) is 6.20 Å². The number of carbonyl (C=O) groups is 4. The predicted molar refractivity (Wildman–Crippen MR) is 153 cm³/mol. The van der Waals surface area contributed by atoms with Crippen molar-refractivity contribution in [1.82, 2.24) is 4.90 Å². The molecule has 12 heteroatoms. The van der Waals surface area contributed by atoms with E-state index in [9.17, 15) is 19.2 Å². The normalized spacial score (nSPS) is 23.8. The highest BCUT2D eigenvalue weighted by atomic mass is 16.7. The van der Waals surface area contributed by atoms with Gasteiger partial charge in [-0.25, -0.2) is 14.4 Å². The van der Waals surface area contributed by atoms with Gasteiger partial charge >= 0.3 is 23.8 Å².